The number of carbonyl (C=O) groups is 1. The van der Waals surface area contributed by atoms with Crippen LogP contribution in [0.1, 0.15) is 33.6 Å². The standard InChI is InChI=1S/C10H20N2O2/c1-6(11)4-10(13)12-9-5-7(2)14-8(9)3/h6-9H,4-5,11H2,1-3H3,(H,12,13). The highest BCUT2D eigenvalue weighted by Gasteiger charge is 2.30. The van der Waals surface area contributed by atoms with Gasteiger partial charge < -0.3 is 15.8 Å². The first kappa shape index (κ1) is 11.5. The summed E-state index contributed by atoms with van der Waals surface area (Å²) in [4.78, 5) is 11.4. The lowest BCUT2D eigenvalue weighted by molar-refractivity contribution is -0.122. The van der Waals surface area contributed by atoms with Crippen LogP contribution in [0.5, 0.6) is 0 Å². The Morgan fingerprint density at radius 2 is 2.29 bits per heavy atom. The highest BCUT2D eigenvalue weighted by atomic mass is 16.5. The summed E-state index contributed by atoms with van der Waals surface area (Å²) in [5, 5.41) is 2.95. The molecule has 1 heterocycles. The summed E-state index contributed by atoms with van der Waals surface area (Å²) in [6.45, 7) is 5.84. The predicted octanol–water partition coefficient (Wildman–Crippen LogP) is 0.406. The smallest absolute Gasteiger partial charge is 0.221 e. The summed E-state index contributed by atoms with van der Waals surface area (Å²) in [6.07, 6.45) is 1.64. The molecule has 0 aromatic heterocycles. The minimum absolute atomic E-state index is 0.0227. The van der Waals surface area contributed by atoms with Crippen LogP contribution >= 0.6 is 0 Å². The van der Waals surface area contributed by atoms with Crippen molar-refractivity contribution in [1.82, 2.24) is 5.32 Å². The van der Waals surface area contributed by atoms with E-state index in [9.17, 15) is 4.79 Å². The number of ether oxygens (including phenoxy) is 1. The number of nitrogens with one attached hydrogen (secondary N) is 1. The van der Waals surface area contributed by atoms with E-state index in [-0.39, 0.29) is 30.2 Å². The first-order valence-corrected chi connectivity index (χ1v) is 5.19. The summed E-state index contributed by atoms with van der Waals surface area (Å²) in [5.41, 5.74) is 5.54. The summed E-state index contributed by atoms with van der Waals surface area (Å²) >= 11 is 0. The lowest BCUT2D eigenvalue weighted by atomic mass is 10.1. The van der Waals surface area contributed by atoms with E-state index in [1.807, 2.05) is 20.8 Å². The Balaban J connectivity index is 2.33. The van der Waals surface area contributed by atoms with Crippen LogP contribution in [-0.2, 0) is 9.53 Å². The lowest BCUT2D eigenvalue weighted by Crippen LogP contribution is -2.41. The Kier molecular flexibility index (Phi) is 3.89. The Hall–Kier alpha value is -0.610. The number of nitrogens with two attached hydrogens (primary N) is 1. The van der Waals surface area contributed by atoms with E-state index in [0.29, 0.717) is 6.42 Å². The number of hydrogen-bond donors (Lipinski definition) is 2. The third kappa shape index (κ3) is 3.27. The van der Waals surface area contributed by atoms with Crippen molar-refractivity contribution in [1.29, 1.82) is 0 Å². The summed E-state index contributed by atoms with van der Waals surface area (Å²) < 4.78 is 5.53. The number of amides is 1. The monoisotopic (exact) mass is 200 g/mol. The largest absolute Gasteiger partial charge is 0.373 e. The molecule has 0 bridgehead atoms. The second-order valence-electron chi connectivity index (χ2n) is 4.24. The first-order valence-electron chi connectivity index (χ1n) is 5.19. The SMILES string of the molecule is CC(N)CC(=O)NC1CC(C)OC1C. The molecule has 1 rings (SSSR count). The molecule has 82 valence electrons. The molecule has 1 aliphatic rings. The van der Waals surface area contributed by atoms with E-state index in [4.69, 9.17) is 10.5 Å². The van der Waals surface area contributed by atoms with E-state index >= 15 is 0 Å². The van der Waals surface area contributed by atoms with Crippen molar-refractivity contribution in [2.24, 2.45) is 5.73 Å². The van der Waals surface area contributed by atoms with Crippen molar-refractivity contribution >= 4 is 5.91 Å². The number of carbonyl (C=O) groups excluding carboxylic acids is 1. The molecule has 4 nitrogen and oxygen atoms in total. The second-order valence-corrected chi connectivity index (χ2v) is 4.24. The van der Waals surface area contributed by atoms with Crippen molar-refractivity contribution in [3.05, 3.63) is 0 Å². The maximum absolute atomic E-state index is 11.4. The molecule has 1 amide bonds. The average Bonchev–Trinajstić information content (AvgIpc) is 2.28. The van der Waals surface area contributed by atoms with Gasteiger partial charge in [-0.3, -0.25) is 4.79 Å². The number of rotatable bonds is 3. The van der Waals surface area contributed by atoms with Crippen LogP contribution in [-0.4, -0.2) is 30.2 Å². The summed E-state index contributed by atoms with van der Waals surface area (Å²) in [5.74, 6) is 0.0227. The van der Waals surface area contributed by atoms with Crippen LogP contribution < -0.4 is 11.1 Å². The fourth-order valence-corrected chi connectivity index (χ4v) is 1.80. The molecule has 1 fully saturated rings. The van der Waals surface area contributed by atoms with Crippen LogP contribution in [0.3, 0.4) is 0 Å². The lowest BCUT2D eigenvalue weighted by Gasteiger charge is -2.16. The minimum Gasteiger partial charge on any atom is -0.373 e. The van der Waals surface area contributed by atoms with Gasteiger partial charge in [-0.1, -0.05) is 0 Å². The van der Waals surface area contributed by atoms with Gasteiger partial charge in [0.25, 0.3) is 0 Å². The van der Waals surface area contributed by atoms with Crippen LogP contribution in [0.2, 0.25) is 0 Å². The van der Waals surface area contributed by atoms with E-state index in [2.05, 4.69) is 5.32 Å². The Morgan fingerprint density at radius 1 is 1.64 bits per heavy atom. The summed E-state index contributed by atoms with van der Waals surface area (Å²) in [6, 6.07) is 0.0706. The normalized spacial score (nSPS) is 34.1. The summed E-state index contributed by atoms with van der Waals surface area (Å²) in [7, 11) is 0. The van der Waals surface area contributed by atoms with Crippen molar-refractivity contribution in [3.8, 4) is 0 Å². The molecule has 3 N–H and O–H groups in total. The van der Waals surface area contributed by atoms with E-state index in [1.54, 1.807) is 0 Å². The second kappa shape index (κ2) is 4.75. The van der Waals surface area contributed by atoms with Crippen molar-refractivity contribution in [3.63, 3.8) is 0 Å². The number of hydrogen-bond acceptors (Lipinski definition) is 3. The molecule has 1 saturated heterocycles. The molecule has 14 heavy (non-hydrogen) atoms. The zero-order valence-electron chi connectivity index (χ0n) is 9.12. The molecule has 0 aromatic rings. The Bertz CT molecular complexity index is 206. The molecule has 0 radical (unpaired) electrons. The van der Waals surface area contributed by atoms with Gasteiger partial charge in [0, 0.05) is 12.5 Å². The van der Waals surface area contributed by atoms with Gasteiger partial charge in [0.05, 0.1) is 18.2 Å². The van der Waals surface area contributed by atoms with Gasteiger partial charge in [0.1, 0.15) is 0 Å². The molecule has 0 saturated carbocycles. The Morgan fingerprint density at radius 3 is 2.71 bits per heavy atom. The molecular formula is C10H20N2O2. The molecule has 1 aliphatic heterocycles. The van der Waals surface area contributed by atoms with Crippen molar-refractivity contribution < 1.29 is 9.53 Å². The Labute approximate surface area is 85.2 Å². The van der Waals surface area contributed by atoms with Crippen LogP contribution in [0.4, 0.5) is 0 Å². The maximum Gasteiger partial charge on any atom is 0.221 e. The molecule has 0 aromatic carbocycles. The third-order valence-corrected chi connectivity index (χ3v) is 2.45. The highest BCUT2D eigenvalue weighted by molar-refractivity contribution is 5.76. The van der Waals surface area contributed by atoms with Gasteiger partial charge in [-0.2, -0.15) is 0 Å². The van der Waals surface area contributed by atoms with Gasteiger partial charge in [0.2, 0.25) is 5.91 Å². The fourth-order valence-electron chi connectivity index (χ4n) is 1.80. The molecule has 0 spiro atoms. The molecule has 4 heteroatoms. The quantitative estimate of drug-likeness (QED) is 0.693. The van der Waals surface area contributed by atoms with E-state index < -0.39 is 0 Å². The van der Waals surface area contributed by atoms with Gasteiger partial charge in [-0.15, -0.1) is 0 Å². The fraction of sp³-hybridized carbons (Fsp3) is 0.900. The van der Waals surface area contributed by atoms with Gasteiger partial charge in [0.15, 0.2) is 0 Å². The zero-order valence-corrected chi connectivity index (χ0v) is 9.12. The van der Waals surface area contributed by atoms with E-state index in [0.717, 1.165) is 6.42 Å². The van der Waals surface area contributed by atoms with E-state index in [1.165, 1.54) is 0 Å². The third-order valence-electron chi connectivity index (χ3n) is 2.45. The minimum atomic E-state index is -0.0787. The molecule has 4 unspecified atom stereocenters. The average molecular weight is 200 g/mol. The maximum atomic E-state index is 11.4. The van der Waals surface area contributed by atoms with Crippen LogP contribution in [0.15, 0.2) is 0 Å². The molecule has 4 atom stereocenters. The van der Waals surface area contributed by atoms with Crippen molar-refractivity contribution in [2.75, 3.05) is 0 Å². The first-order chi connectivity index (χ1) is 6.49. The zero-order chi connectivity index (χ0) is 10.7. The van der Waals surface area contributed by atoms with Gasteiger partial charge in [-0.25, -0.2) is 0 Å². The molecule has 0 aliphatic carbocycles. The van der Waals surface area contributed by atoms with Crippen LogP contribution in [0, 0.1) is 0 Å². The van der Waals surface area contributed by atoms with Gasteiger partial charge in [-0.05, 0) is 27.2 Å². The topological polar surface area (TPSA) is 64.4 Å². The van der Waals surface area contributed by atoms with Crippen molar-refractivity contribution in [2.45, 2.75) is 57.9 Å². The molecular weight excluding hydrogens is 180 g/mol. The van der Waals surface area contributed by atoms with Crippen LogP contribution in [0.25, 0.3) is 0 Å². The van der Waals surface area contributed by atoms with Gasteiger partial charge >= 0.3 is 0 Å². The predicted molar refractivity (Wildman–Crippen MR) is 54.8 cm³/mol. The highest BCUT2D eigenvalue weighted by Crippen LogP contribution is 2.19.